The van der Waals surface area contributed by atoms with Crippen LogP contribution in [0.5, 0.6) is 0 Å². The summed E-state index contributed by atoms with van der Waals surface area (Å²) in [7, 11) is -3.66. The molecule has 0 aliphatic carbocycles. The smallest absolute Gasteiger partial charge is 0.251 e. The molecule has 0 spiro atoms. The van der Waals surface area contributed by atoms with Crippen molar-refractivity contribution >= 4 is 15.9 Å². The molecule has 0 saturated carbocycles. The van der Waals surface area contributed by atoms with Gasteiger partial charge in [-0.15, -0.1) is 0 Å². The number of carbonyl (C=O) groups is 1. The number of hydrogen-bond donors (Lipinski definition) is 1. The van der Waals surface area contributed by atoms with Gasteiger partial charge in [0.1, 0.15) is 0 Å². The van der Waals surface area contributed by atoms with Crippen LogP contribution in [0.25, 0.3) is 0 Å². The van der Waals surface area contributed by atoms with Crippen LogP contribution in [0.4, 0.5) is 0 Å². The van der Waals surface area contributed by atoms with Crippen LogP contribution in [0.15, 0.2) is 53.4 Å². The number of carbonyl (C=O) groups excluding carboxylic acids is 1. The molecule has 2 aliphatic rings. The highest BCUT2D eigenvalue weighted by atomic mass is 32.2. The Morgan fingerprint density at radius 1 is 1.03 bits per heavy atom. The molecule has 172 valence electrons. The van der Waals surface area contributed by atoms with Gasteiger partial charge in [0.05, 0.1) is 24.2 Å². The first-order valence-corrected chi connectivity index (χ1v) is 12.7. The third kappa shape index (κ3) is 5.04. The maximum atomic E-state index is 13.1. The maximum Gasteiger partial charge on any atom is 0.251 e. The van der Waals surface area contributed by atoms with E-state index in [1.54, 1.807) is 12.1 Å². The minimum atomic E-state index is -3.66. The van der Waals surface area contributed by atoms with E-state index >= 15 is 0 Å². The molecule has 0 radical (unpaired) electrons. The van der Waals surface area contributed by atoms with Gasteiger partial charge in [-0.05, 0) is 56.1 Å². The van der Waals surface area contributed by atoms with Gasteiger partial charge in [0, 0.05) is 25.2 Å². The summed E-state index contributed by atoms with van der Waals surface area (Å²) < 4.78 is 32.7. The summed E-state index contributed by atoms with van der Waals surface area (Å²) in [5, 5.41) is 3.06. The number of morpholine rings is 1. The maximum absolute atomic E-state index is 13.1. The van der Waals surface area contributed by atoms with Gasteiger partial charge in [-0.1, -0.05) is 36.4 Å². The Kier molecular flexibility index (Phi) is 7.25. The summed E-state index contributed by atoms with van der Waals surface area (Å²) >= 11 is 0. The van der Waals surface area contributed by atoms with E-state index in [9.17, 15) is 13.2 Å². The van der Waals surface area contributed by atoms with Gasteiger partial charge in [0.2, 0.25) is 10.0 Å². The Hall–Kier alpha value is -2.26. The Morgan fingerprint density at radius 2 is 1.72 bits per heavy atom. The summed E-state index contributed by atoms with van der Waals surface area (Å²) in [5.74, 6) is -0.248. The Bertz CT molecular complexity index is 1030. The molecule has 1 amide bonds. The lowest BCUT2D eigenvalue weighted by Gasteiger charge is -2.28. The van der Waals surface area contributed by atoms with E-state index in [0.717, 1.165) is 31.5 Å². The number of nitrogens with zero attached hydrogens (tertiary/aromatic N) is 2. The first kappa shape index (κ1) is 22.9. The number of amides is 1. The van der Waals surface area contributed by atoms with Crippen molar-refractivity contribution in [3.8, 4) is 0 Å². The van der Waals surface area contributed by atoms with Crippen molar-refractivity contribution in [1.29, 1.82) is 0 Å². The van der Waals surface area contributed by atoms with Gasteiger partial charge < -0.3 is 10.1 Å². The third-order valence-corrected chi connectivity index (χ3v) is 8.18. The summed E-state index contributed by atoms with van der Waals surface area (Å²) in [6.07, 6.45) is 2.33. The van der Waals surface area contributed by atoms with E-state index in [2.05, 4.69) is 22.3 Å². The van der Waals surface area contributed by atoms with Gasteiger partial charge in [-0.25, -0.2) is 8.42 Å². The molecule has 2 fully saturated rings. The first-order chi connectivity index (χ1) is 15.5. The quantitative estimate of drug-likeness (QED) is 0.691. The minimum Gasteiger partial charge on any atom is -0.379 e. The number of ether oxygens (including phenoxy) is 1. The van der Waals surface area contributed by atoms with Crippen LogP contribution in [-0.4, -0.2) is 69.5 Å². The number of nitrogens with one attached hydrogen (secondary N) is 1. The lowest BCUT2D eigenvalue weighted by Crippen LogP contribution is -2.40. The normalized spacial score (nSPS) is 19.0. The molecule has 8 heteroatoms. The van der Waals surface area contributed by atoms with Gasteiger partial charge in [0.25, 0.3) is 5.91 Å². The van der Waals surface area contributed by atoms with Crippen LogP contribution in [0.1, 0.15) is 40.4 Å². The highest BCUT2D eigenvalue weighted by molar-refractivity contribution is 7.89. The second-order valence-corrected chi connectivity index (χ2v) is 10.3. The van der Waals surface area contributed by atoms with Crippen molar-refractivity contribution in [3.05, 3.63) is 65.2 Å². The highest BCUT2D eigenvalue weighted by Crippen LogP contribution is 2.25. The Morgan fingerprint density at radius 3 is 2.41 bits per heavy atom. The molecule has 1 N–H and O–H groups in total. The SMILES string of the molecule is Cc1ccc(S(=O)(=O)N2CCOCC2)cc1C(=O)NC[C@H](c1ccccc1)N1CCCC1. The molecular weight excluding hydrogens is 426 g/mol. The predicted octanol–water partition coefficient (Wildman–Crippen LogP) is 2.58. The van der Waals surface area contributed by atoms with E-state index in [-0.39, 0.29) is 16.8 Å². The van der Waals surface area contributed by atoms with Crippen molar-refractivity contribution in [2.24, 2.45) is 0 Å². The fourth-order valence-corrected chi connectivity index (χ4v) is 5.85. The van der Waals surface area contributed by atoms with Gasteiger partial charge >= 0.3 is 0 Å². The van der Waals surface area contributed by atoms with E-state index < -0.39 is 10.0 Å². The average Bonchev–Trinajstić information content (AvgIpc) is 3.35. The molecule has 4 rings (SSSR count). The summed E-state index contributed by atoms with van der Waals surface area (Å²) in [6, 6.07) is 15.1. The highest BCUT2D eigenvalue weighted by Gasteiger charge is 2.28. The zero-order chi connectivity index (χ0) is 22.6. The fraction of sp³-hybridized carbons (Fsp3) is 0.458. The summed E-state index contributed by atoms with van der Waals surface area (Å²) in [6.45, 7) is 5.76. The van der Waals surface area contributed by atoms with Crippen LogP contribution in [0.2, 0.25) is 0 Å². The van der Waals surface area contributed by atoms with Crippen molar-refractivity contribution < 1.29 is 17.9 Å². The largest absolute Gasteiger partial charge is 0.379 e. The van der Waals surface area contributed by atoms with Crippen LogP contribution in [-0.2, 0) is 14.8 Å². The molecule has 7 nitrogen and oxygen atoms in total. The van der Waals surface area contributed by atoms with Gasteiger partial charge in [-0.2, -0.15) is 4.31 Å². The summed E-state index contributed by atoms with van der Waals surface area (Å²) in [4.78, 5) is 15.7. The topological polar surface area (TPSA) is 78.9 Å². The van der Waals surface area contributed by atoms with Crippen LogP contribution < -0.4 is 5.32 Å². The van der Waals surface area contributed by atoms with Gasteiger partial charge in [0.15, 0.2) is 0 Å². The predicted molar refractivity (Wildman–Crippen MR) is 123 cm³/mol. The van der Waals surface area contributed by atoms with Crippen molar-refractivity contribution in [2.45, 2.75) is 30.7 Å². The van der Waals surface area contributed by atoms with E-state index in [4.69, 9.17) is 4.74 Å². The van der Waals surface area contributed by atoms with E-state index in [1.807, 2.05) is 25.1 Å². The number of benzene rings is 2. The number of likely N-dealkylation sites (tertiary alicyclic amines) is 1. The molecule has 2 saturated heterocycles. The second kappa shape index (κ2) is 10.1. The second-order valence-electron chi connectivity index (χ2n) is 8.37. The van der Waals surface area contributed by atoms with Crippen molar-refractivity contribution in [1.82, 2.24) is 14.5 Å². The number of rotatable bonds is 7. The average molecular weight is 458 g/mol. The lowest BCUT2D eigenvalue weighted by atomic mass is 10.0. The molecule has 2 aromatic carbocycles. The molecule has 1 atom stereocenters. The molecule has 2 heterocycles. The number of aryl methyl sites for hydroxylation is 1. The minimum absolute atomic E-state index is 0.100. The zero-order valence-corrected chi connectivity index (χ0v) is 19.3. The van der Waals surface area contributed by atoms with Gasteiger partial charge in [-0.3, -0.25) is 9.69 Å². The first-order valence-electron chi connectivity index (χ1n) is 11.2. The zero-order valence-electron chi connectivity index (χ0n) is 18.5. The Balaban J connectivity index is 1.51. The monoisotopic (exact) mass is 457 g/mol. The molecule has 32 heavy (non-hydrogen) atoms. The molecule has 2 aromatic rings. The fourth-order valence-electron chi connectivity index (χ4n) is 4.41. The number of hydrogen-bond acceptors (Lipinski definition) is 5. The van der Waals surface area contributed by atoms with Crippen molar-refractivity contribution in [3.63, 3.8) is 0 Å². The number of sulfonamides is 1. The molecule has 0 aromatic heterocycles. The van der Waals surface area contributed by atoms with Crippen molar-refractivity contribution in [2.75, 3.05) is 45.9 Å². The van der Waals surface area contributed by atoms with Crippen LogP contribution in [0, 0.1) is 6.92 Å². The van der Waals surface area contributed by atoms with Crippen LogP contribution in [0.3, 0.4) is 0 Å². The standard InChI is InChI=1S/C24H31N3O4S/c1-19-9-10-21(32(29,30)27-13-15-31-16-14-27)17-22(19)24(28)25-18-23(26-11-5-6-12-26)20-7-3-2-4-8-20/h2-4,7-10,17,23H,5-6,11-16,18H2,1H3,(H,25,28)/t23-/m1/s1. The lowest BCUT2D eigenvalue weighted by molar-refractivity contribution is 0.0730. The molecule has 0 unspecified atom stereocenters. The van der Waals surface area contributed by atoms with E-state index in [0.29, 0.717) is 38.4 Å². The molecule has 0 bridgehead atoms. The van der Waals surface area contributed by atoms with Crippen LogP contribution >= 0.6 is 0 Å². The third-order valence-electron chi connectivity index (χ3n) is 6.28. The Labute approximate surface area is 190 Å². The van der Waals surface area contributed by atoms with E-state index in [1.165, 1.54) is 15.9 Å². The summed E-state index contributed by atoms with van der Waals surface area (Å²) in [5.41, 5.74) is 2.32. The molecule has 2 aliphatic heterocycles. The molecular formula is C24H31N3O4S.